The lowest BCUT2D eigenvalue weighted by Crippen LogP contribution is -2.48. The molecule has 0 saturated heterocycles. The first-order chi connectivity index (χ1) is 10.8. The zero-order valence-electron chi connectivity index (χ0n) is 14.1. The maximum absolute atomic E-state index is 12.1. The van der Waals surface area contributed by atoms with Crippen LogP contribution in [0.5, 0.6) is 5.75 Å². The number of carbonyl (C=O) groups excluding carboxylic acids is 1. The predicted octanol–water partition coefficient (Wildman–Crippen LogP) is 3.41. The van der Waals surface area contributed by atoms with Gasteiger partial charge in [0.2, 0.25) is 5.91 Å². The summed E-state index contributed by atoms with van der Waals surface area (Å²) in [5.41, 5.74) is 7.99. The Morgan fingerprint density at radius 1 is 1.26 bits per heavy atom. The molecule has 0 unspecified atom stereocenters. The highest BCUT2D eigenvalue weighted by molar-refractivity contribution is 7.10. The molecule has 0 bridgehead atoms. The largest absolute Gasteiger partial charge is 0.497 e. The van der Waals surface area contributed by atoms with Gasteiger partial charge in [0.15, 0.2) is 0 Å². The van der Waals surface area contributed by atoms with E-state index in [0.29, 0.717) is 6.54 Å². The standard InChI is InChI=1S/C18H24N2O2S/c1-18(2,3)16(19)17(21)20-10-15-9-13(11-23-15)12-5-7-14(22-4)8-6-12/h5-9,11,16H,10,19H2,1-4H3,(H,20,21)/t16-/m1/s1. The third kappa shape index (κ3) is 4.56. The summed E-state index contributed by atoms with van der Waals surface area (Å²) in [4.78, 5) is 13.2. The molecule has 0 saturated carbocycles. The third-order valence-electron chi connectivity index (χ3n) is 3.73. The second-order valence-corrected chi connectivity index (χ2v) is 7.59. The molecule has 0 radical (unpaired) electrons. The molecule has 2 aromatic rings. The number of carbonyl (C=O) groups is 1. The molecule has 2 rings (SSSR count). The van der Waals surface area contributed by atoms with Crippen LogP contribution in [0.15, 0.2) is 35.7 Å². The van der Waals surface area contributed by atoms with Crippen LogP contribution in [0.2, 0.25) is 0 Å². The molecule has 3 N–H and O–H groups in total. The Hall–Kier alpha value is -1.85. The van der Waals surface area contributed by atoms with Gasteiger partial charge in [0.1, 0.15) is 5.75 Å². The zero-order chi connectivity index (χ0) is 17.0. The first-order valence-electron chi connectivity index (χ1n) is 7.56. The monoisotopic (exact) mass is 332 g/mol. The van der Waals surface area contributed by atoms with E-state index < -0.39 is 6.04 Å². The molecule has 1 aromatic carbocycles. The summed E-state index contributed by atoms with van der Waals surface area (Å²) < 4.78 is 5.17. The quantitative estimate of drug-likeness (QED) is 0.882. The minimum atomic E-state index is -0.511. The van der Waals surface area contributed by atoms with Crippen molar-refractivity contribution < 1.29 is 9.53 Å². The smallest absolute Gasteiger partial charge is 0.237 e. The Labute approximate surface area is 141 Å². The van der Waals surface area contributed by atoms with Crippen molar-refractivity contribution in [1.29, 1.82) is 0 Å². The average Bonchev–Trinajstić information content (AvgIpc) is 3.00. The number of hydrogen-bond acceptors (Lipinski definition) is 4. The van der Waals surface area contributed by atoms with E-state index in [2.05, 4.69) is 16.8 Å². The average molecular weight is 332 g/mol. The highest BCUT2D eigenvalue weighted by Gasteiger charge is 2.27. The van der Waals surface area contributed by atoms with E-state index in [9.17, 15) is 4.79 Å². The summed E-state index contributed by atoms with van der Waals surface area (Å²) in [6.07, 6.45) is 0. The highest BCUT2D eigenvalue weighted by atomic mass is 32.1. The van der Waals surface area contributed by atoms with E-state index in [4.69, 9.17) is 10.5 Å². The number of ether oxygens (including phenoxy) is 1. The Morgan fingerprint density at radius 2 is 1.91 bits per heavy atom. The summed E-state index contributed by atoms with van der Waals surface area (Å²) in [6, 6.07) is 9.52. The number of methoxy groups -OCH3 is 1. The molecule has 1 atom stereocenters. The number of amides is 1. The van der Waals surface area contributed by atoms with Crippen LogP contribution >= 0.6 is 11.3 Å². The minimum absolute atomic E-state index is 0.114. The molecule has 1 amide bonds. The number of rotatable bonds is 5. The van der Waals surface area contributed by atoms with Crippen molar-refractivity contribution >= 4 is 17.2 Å². The number of nitrogens with two attached hydrogens (primary N) is 1. The fourth-order valence-corrected chi connectivity index (χ4v) is 2.92. The summed E-state index contributed by atoms with van der Waals surface area (Å²) in [5.74, 6) is 0.726. The number of thiophene rings is 1. The van der Waals surface area contributed by atoms with Crippen LogP contribution < -0.4 is 15.8 Å². The van der Waals surface area contributed by atoms with Gasteiger partial charge in [0, 0.05) is 4.88 Å². The van der Waals surface area contributed by atoms with Gasteiger partial charge in [-0.05, 0) is 40.1 Å². The zero-order valence-corrected chi connectivity index (χ0v) is 14.9. The number of hydrogen-bond donors (Lipinski definition) is 2. The maximum atomic E-state index is 12.1. The molecule has 124 valence electrons. The third-order valence-corrected chi connectivity index (χ3v) is 4.67. The van der Waals surface area contributed by atoms with Gasteiger partial charge in [-0.1, -0.05) is 32.9 Å². The SMILES string of the molecule is COc1ccc(-c2csc(CNC(=O)[C@@H](N)C(C)(C)C)c2)cc1. The summed E-state index contributed by atoms with van der Waals surface area (Å²) >= 11 is 1.63. The van der Waals surface area contributed by atoms with E-state index in [1.54, 1.807) is 18.4 Å². The number of nitrogens with one attached hydrogen (secondary N) is 1. The lowest BCUT2D eigenvalue weighted by Gasteiger charge is -2.25. The first-order valence-corrected chi connectivity index (χ1v) is 8.44. The van der Waals surface area contributed by atoms with Crippen LogP contribution in [0.3, 0.4) is 0 Å². The Bertz CT molecular complexity index is 656. The Morgan fingerprint density at radius 3 is 2.48 bits per heavy atom. The van der Waals surface area contributed by atoms with Gasteiger partial charge in [0.25, 0.3) is 0 Å². The summed E-state index contributed by atoms with van der Waals surface area (Å²) in [7, 11) is 1.66. The van der Waals surface area contributed by atoms with Crippen molar-refractivity contribution in [2.24, 2.45) is 11.1 Å². The molecule has 0 aliphatic carbocycles. The molecular formula is C18H24N2O2S. The van der Waals surface area contributed by atoms with Crippen LogP contribution in [0.1, 0.15) is 25.6 Å². The van der Waals surface area contributed by atoms with Crippen molar-refractivity contribution in [2.75, 3.05) is 7.11 Å². The van der Waals surface area contributed by atoms with Gasteiger partial charge in [-0.3, -0.25) is 4.79 Å². The Balaban J connectivity index is 1.98. The first kappa shape index (κ1) is 17.5. The molecule has 4 nitrogen and oxygen atoms in total. The molecule has 0 fully saturated rings. The van der Waals surface area contributed by atoms with Gasteiger partial charge in [-0.25, -0.2) is 0 Å². The summed E-state index contributed by atoms with van der Waals surface area (Å²) in [5, 5.41) is 5.01. The van der Waals surface area contributed by atoms with Crippen LogP contribution in [0.4, 0.5) is 0 Å². The lowest BCUT2D eigenvalue weighted by atomic mass is 9.87. The summed E-state index contributed by atoms with van der Waals surface area (Å²) in [6.45, 7) is 6.39. The van der Waals surface area contributed by atoms with Gasteiger partial charge < -0.3 is 15.8 Å². The van der Waals surface area contributed by atoms with Crippen molar-refractivity contribution in [3.05, 3.63) is 40.6 Å². The van der Waals surface area contributed by atoms with E-state index in [1.165, 1.54) is 0 Å². The van der Waals surface area contributed by atoms with Crippen LogP contribution in [-0.4, -0.2) is 19.1 Å². The van der Waals surface area contributed by atoms with Crippen LogP contribution in [-0.2, 0) is 11.3 Å². The fraction of sp³-hybridized carbons (Fsp3) is 0.389. The van der Waals surface area contributed by atoms with Gasteiger partial charge in [0.05, 0.1) is 19.7 Å². The van der Waals surface area contributed by atoms with E-state index in [0.717, 1.165) is 21.8 Å². The van der Waals surface area contributed by atoms with Crippen LogP contribution in [0.25, 0.3) is 11.1 Å². The predicted molar refractivity (Wildman–Crippen MR) is 95.6 cm³/mol. The molecule has 1 aromatic heterocycles. The molecule has 23 heavy (non-hydrogen) atoms. The van der Waals surface area contributed by atoms with E-state index in [-0.39, 0.29) is 11.3 Å². The van der Waals surface area contributed by atoms with Crippen molar-refractivity contribution in [3.8, 4) is 16.9 Å². The lowest BCUT2D eigenvalue weighted by molar-refractivity contribution is -0.124. The molecule has 0 aliphatic heterocycles. The van der Waals surface area contributed by atoms with Crippen molar-refractivity contribution in [1.82, 2.24) is 5.32 Å². The minimum Gasteiger partial charge on any atom is -0.497 e. The van der Waals surface area contributed by atoms with Gasteiger partial charge in [-0.15, -0.1) is 11.3 Å². The van der Waals surface area contributed by atoms with Crippen LogP contribution in [0, 0.1) is 5.41 Å². The Kier molecular flexibility index (Phi) is 5.44. The molecule has 0 spiro atoms. The van der Waals surface area contributed by atoms with Gasteiger partial charge >= 0.3 is 0 Å². The van der Waals surface area contributed by atoms with E-state index in [1.807, 2.05) is 45.0 Å². The topological polar surface area (TPSA) is 64.3 Å². The molecule has 1 heterocycles. The van der Waals surface area contributed by atoms with E-state index >= 15 is 0 Å². The normalized spacial score (nSPS) is 12.7. The van der Waals surface area contributed by atoms with Crippen molar-refractivity contribution in [2.45, 2.75) is 33.4 Å². The maximum Gasteiger partial charge on any atom is 0.237 e. The highest BCUT2D eigenvalue weighted by Crippen LogP contribution is 2.27. The molecule has 0 aliphatic rings. The van der Waals surface area contributed by atoms with Crippen molar-refractivity contribution in [3.63, 3.8) is 0 Å². The second kappa shape index (κ2) is 7.15. The van der Waals surface area contributed by atoms with Gasteiger partial charge in [-0.2, -0.15) is 0 Å². The molecule has 5 heteroatoms. The fourth-order valence-electron chi connectivity index (χ4n) is 2.09. The second-order valence-electron chi connectivity index (χ2n) is 6.59. The molecular weight excluding hydrogens is 308 g/mol. The number of benzene rings is 1.